The predicted molar refractivity (Wildman–Crippen MR) is 79.5 cm³/mol. The molecule has 2 unspecified atom stereocenters. The Labute approximate surface area is 120 Å². The summed E-state index contributed by atoms with van der Waals surface area (Å²) in [5.74, 6) is 0.173. The summed E-state index contributed by atoms with van der Waals surface area (Å²) in [6.45, 7) is 5.32. The van der Waals surface area contributed by atoms with Gasteiger partial charge in [0.05, 0.1) is 12.6 Å². The van der Waals surface area contributed by atoms with Crippen LogP contribution >= 0.6 is 0 Å². The highest BCUT2D eigenvalue weighted by Crippen LogP contribution is 2.31. The van der Waals surface area contributed by atoms with Crippen molar-refractivity contribution in [2.24, 2.45) is 5.73 Å². The number of nitrogens with two attached hydrogens (primary N) is 1. The molecule has 1 fully saturated rings. The van der Waals surface area contributed by atoms with Gasteiger partial charge in [0.1, 0.15) is 0 Å². The van der Waals surface area contributed by atoms with E-state index in [0.717, 1.165) is 12.0 Å². The number of rotatable bonds is 4. The van der Waals surface area contributed by atoms with Crippen LogP contribution in [0.2, 0.25) is 0 Å². The second kappa shape index (κ2) is 6.37. The van der Waals surface area contributed by atoms with E-state index in [0.29, 0.717) is 19.6 Å². The van der Waals surface area contributed by atoms with Gasteiger partial charge in [-0.2, -0.15) is 0 Å². The van der Waals surface area contributed by atoms with Crippen molar-refractivity contribution in [2.75, 3.05) is 20.3 Å². The molecule has 20 heavy (non-hydrogen) atoms. The third-order valence-corrected chi connectivity index (χ3v) is 4.16. The third-order valence-electron chi connectivity index (χ3n) is 4.16. The van der Waals surface area contributed by atoms with E-state index in [-0.39, 0.29) is 18.0 Å². The summed E-state index contributed by atoms with van der Waals surface area (Å²) in [5.41, 5.74) is 9.91. The topological polar surface area (TPSA) is 55.6 Å². The number of carbonyl (C=O) groups excluding carboxylic acids is 1. The zero-order valence-electron chi connectivity index (χ0n) is 12.6. The molecule has 0 saturated carbocycles. The zero-order valence-corrected chi connectivity index (χ0v) is 12.6. The maximum Gasteiger partial charge on any atom is 0.223 e. The van der Waals surface area contributed by atoms with Gasteiger partial charge in [-0.25, -0.2) is 0 Å². The summed E-state index contributed by atoms with van der Waals surface area (Å²) in [4.78, 5) is 14.1. The van der Waals surface area contributed by atoms with E-state index in [4.69, 9.17) is 10.5 Å². The van der Waals surface area contributed by atoms with Crippen LogP contribution in [0.3, 0.4) is 0 Å². The molecule has 0 aliphatic carbocycles. The summed E-state index contributed by atoms with van der Waals surface area (Å²) in [5, 5.41) is 0. The molecule has 0 radical (unpaired) electrons. The van der Waals surface area contributed by atoms with Gasteiger partial charge in [0.15, 0.2) is 0 Å². The molecule has 1 heterocycles. The SMILES string of the molecule is COCCN1C(=O)CCC(N)C1c1ccc(C)c(C)c1. The van der Waals surface area contributed by atoms with Gasteiger partial charge >= 0.3 is 0 Å². The van der Waals surface area contributed by atoms with Crippen molar-refractivity contribution in [1.29, 1.82) is 0 Å². The molecular weight excluding hydrogens is 252 g/mol. The highest BCUT2D eigenvalue weighted by atomic mass is 16.5. The van der Waals surface area contributed by atoms with Gasteiger partial charge in [0, 0.05) is 26.1 Å². The molecule has 4 heteroatoms. The fourth-order valence-corrected chi connectivity index (χ4v) is 2.81. The molecule has 2 N–H and O–H groups in total. The fraction of sp³-hybridized carbons (Fsp3) is 0.562. The lowest BCUT2D eigenvalue weighted by atomic mass is 9.89. The number of hydrogen-bond acceptors (Lipinski definition) is 3. The largest absolute Gasteiger partial charge is 0.383 e. The Morgan fingerprint density at radius 3 is 2.75 bits per heavy atom. The summed E-state index contributed by atoms with van der Waals surface area (Å²) in [7, 11) is 1.65. The minimum absolute atomic E-state index is 0.00772. The van der Waals surface area contributed by atoms with Crippen molar-refractivity contribution in [1.82, 2.24) is 4.90 Å². The van der Waals surface area contributed by atoms with Crippen LogP contribution in [0.15, 0.2) is 18.2 Å². The van der Waals surface area contributed by atoms with Crippen LogP contribution in [-0.2, 0) is 9.53 Å². The fourth-order valence-electron chi connectivity index (χ4n) is 2.81. The average Bonchev–Trinajstić information content (AvgIpc) is 2.43. The van der Waals surface area contributed by atoms with Crippen molar-refractivity contribution < 1.29 is 9.53 Å². The predicted octanol–water partition coefficient (Wildman–Crippen LogP) is 1.94. The van der Waals surface area contributed by atoms with Crippen LogP contribution in [-0.4, -0.2) is 37.1 Å². The Morgan fingerprint density at radius 2 is 2.10 bits per heavy atom. The smallest absolute Gasteiger partial charge is 0.223 e. The zero-order chi connectivity index (χ0) is 14.7. The maximum absolute atomic E-state index is 12.2. The summed E-state index contributed by atoms with van der Waals surface area (Å²) in [6.07, 6.45) is 1.28. The standard InChI is InChI=1S/C16H24N2O2/c1-11-4-5-13(10-12(11)2)16-14(17)6-7-15(19)18(16)8-9-20-3/h4-5,10,14,16H,6-9,17H2,1-3H3. The third kappa shape index (κ3) is 3.02. The number of carbonyl (C=O) groups is 1. The first-order valence-corrected chi connectivity index (χ1v) is 7.15. The molecule has 2 rings (SSSR count). The lowest BCUT2D eigenvalue weighted by Gasteiger charge is -2.40. The average molecular weight is 276 g/mol. The molecule has 110 valence electrons. The number of methoxy groups -OCH3 is 1. The first-order valence-electron chi connectivity index (χ1n) is 7.15. The second-order valence-electron chi connectivity index (χ2n) is 5.57. The Bertz CT molecular complexity index is 487. The van der Waals surface area contributed by atoms with Gasteiger partial charge in [0.25, 0.3) is 0 Å². The van der Waals surface area contributed by atoms with Gasteiger partial charge in [-0.1, -0.05) is 18.2 Å². The first kappa shape index (κ1) is 15.0. The normalized spacial score (nSPS) is 23.2. The van der Waals surface area contributed by atoms with E-state index < -0.39 is 0 Å². The molecule has 2 atom stereocenters. The van der Waals surface area contributed by atoms with Crippen LogP contribution in [0, 0.1) is 13.8 Å². The highest BCUT2D eigenvalue weighted by molar-refractivity contribution is 5.78. The molecule has 1 aliphatic rings. The Balaban J connectivity index is 2.31. The lowest BCUT2D eigenvalue weighted by molar-refractivity contribution is -0.138. The lowest BCUT2D eigenvalue weighted by Crippen LogP contribution is -2.49. The van der Waals surface area contributed by atoms with E-state index in [2.05, 4.69) is 32.0 Å². The van der Waals surface area contributed by atoms with Crippen molar-refractivity contribution in [3.63, 3.8) is 0 Å². The van der Waals surface area contributed by atoms with Crippen LogP contribution in [0.25, 0.3) is 0 Å². The molecule has 1 amide bonds. The van der Waals surface area contributed by atoms with Crippen LogP contribution in [0.5, 0.6) is 0 Å². The van der Waals surface area contributed by atoms with Gasteiger partial charge in [0.2, 0.25) is 5.91 Å². The van der Waals surface area contributed by atoms with E-state index in [9.17, 15) is 4.79 Å². The van der Waals surface area contributed by atoms with E-state index >= 15 is 0 Å². The monoisotopic (exact) mass is 276 g/mol. The van der Waals surface area contributed by atoms with Crippen molar-refractivity contribution >= 4 is 5.91 Å². The van der Waals surface area contributed by atoms with Gasteiger partial charge in [-0.3, -0.25) is 4.79 Å². The van der Waals surface area contributed by atoms with E-state index in [1.165, 1.54) is 11.1 Å². The Morgan fingerprint density at radius 1 is 1.35 bits per heavy atom. The van der Waals surface area contributed by atoms with Crippen molar-refractivity contribution in [3.05, 3.63) is 34.9 Å². The number of amides is 1. The van der Waals surface area contributed by atoms with Gasteiger partial charge < -0.3 is 15.4 Å². The molecule has 1 aliphatic heterocycles. The molecule has 4 nitrogen and oxygen atoms in total. The highest BCUT2D eigenvalue weighted by Gasteiger charge is 2.34. The van der Waals surface area contributed by atoms with E-state index in [1.807, 2.05) is 4.90 Å². The number of hydrogen-bond donors (Lipinski definition) is 1. The number of ether oxygens (including phenoxy) is 1. The minimum atomic E-state index is -0.0364. The molecule has 1 aromatic carbocycles. The molecule has 0 spiro atoms. The Kier molecular flexibility index (Phi) is 4.78. The summed E-state index contributed by atoms with van der Waals surface area (Å²) < 4.78 is 5.12. The summed E-state index contributed by atoms with van der Waals surface area (Å²) in [6, 6.07) is 6.30. The number of piperidine rings is 1. The molecular formula is C16H24N2O2. The van der Waals surface area contributed by atoms with Gasteiger partial charge in [-0.15, -0.1) is 0 Å². The number of likely N-dealkylation sites (tertiary alicyclic amines) is 1. The number of nitrogens with zero attached hydrogens (tertiary/aromatic N) is 1. The molecule has 1 aromatic rings. The van der Waals surface area contributed by atoms with Crippen LogP contribution < -0.4 is 5.73 Å². The second-order valence-corrected chi connectivity index (χ2v) is 5.57. The minimum Gasteiger partial charge on any atom is -0.383 e. The molecule has 0 bridgehead atoms. The number of benzene rings is 1. The van der Waals surface area contributed by atoms with E-state index in [1.54, 1.807) is 7.11 Å². The van der Waals surface area contributed by atoms with Crippen LogP contribution in [0.4, 0.5) is 0 Å². The van der Waals surface area contributed by atoms with Crippen LogP contribution in [0.1, 0.15) is 35.6 Å². The first-order chi connectivity index (χ1) is 9.54. The van der Waals surface area contributed by atoms with Crippen molar-refractivity contribution in [3.8, 4) is 0 Å². The Hall–Kier alpha value is -1.39. The maximum atomic E-state index is 12.2. The molecule has 1 saturated heterocycles. The molecule has 0 aromatic heterocycles. The summed E-state index contributed by atoms with van der Waals surface area (Å²) >= 11 is 0. The van der Waals surface area contributed by atoms with Gasteiger partial charge in [-0.05, 0) is 37.0 Å². The quantitative estimate of drug-likeness (QED) is 0.914. The number of aryl methyl sites for hydroxylation is 2. The van der Waals surface area contributed by atoms with Crippen molar-refractivity contribution in [2.45, 2.75) is 38.8 Å².